The first-order chi connectivity index (χ1) is 11.2. The van der Waals surface area contributed by atoms with Crippen molar-refractivity contribution >= 4 is 15.7 Å². The standard InChI is InChI=1S/C17H22N2O4S/c1-11(14-5-7-15(8-6-14)24(4,21)22)18-17(20)10-9-16-12(2)19-23-13(16)3/h5-8,11H,9-10H2,1-4H3,(H,18,20). The van der Waals surface area contributed by atoms with Gasteiger partial charge in [0.1, 0.15) is 5.76 Å². The predicted molar refractivity (Wildman–Crippen MR) is 90.4 cm³/mol. The summed E-state index contributed by atoms with van der Waals surface area (Å²) in [7, 11) is -3.21. The number of nitrogens with zero attached hydrogens (tertiary/aromatic N) is 1. The van der Waals surface area contributed by atoms with Crippen molar-refractivity contribution in [3.63, 3.8) is 0 Å². The molecule has 0 aliphatic rings. The molecular formula is C17H22N2O4S. The minimum atomic E-state index is -3.21. The molecule has 24 heavy (non-hydrogen) atoms. The largest absolute Gasteiger partial charge is 0.361 e. The molecule has 0 saturated heterocycles. The molecule has 1 unspecified atom stereocenters. The van der Waals surface area contributed by atoms with E-state index in [0.29, 0.717) is 12.8 Å². The highest BCUT2D eigenvalue weighted by atomic mass is 32.2. The van der Waals surface area contributed by atoms with Gasteiger partial charge in [-0.1, -0.05) is 17.3 Å². The van der Waals surface area contributed by atoms with Crippen molar-refractivity contribution in [1.82, 2.24) is 10.5 Å². The lowest BCUT2D eigenvalue weighted by atomic mass is 10.1. The Hall–Kier alpha value is -2.15. The molecule has 0 radical (unpaired) electrons. The number of carbonyl (C=O) groups is 1. The monoisotopic (exact) mass is 350 g/mol. The van der Waals surface area contributed by atoms with E-state index in [0.717, 1.165) is 22.6 Å². The van der Waals surface area contributed by atoms with E-state index in [1.807, 2.05) is 20.8 Å². The first kappa shape index (κ1) is 18.2. The van der Waals surface area contributed by atoms with E-state index in [2.05, 4.69) is 10.5 Å². The molecule has 2 rings (SSSR count). The number of hydrogen-bond donors (Lipinski definition) is 1. The Balaban J connectivity index is 1.94. The molecule has 130 valence electrons. The van der Waals surface area contributed by atoms with Gasteiger partial charge in [0.2, 0.25) is 5.91 Å². The Labute approximate surface area is 142 Å². The van der Waals surface area contributed by atoms with E-state index in [-0.39, 0.29) is 16.8 Å². The predicted octanol–water partition coefficient (Wildman–Crippen LogP) is 2.50. The third-order valence-corrected chi connectivity index (χ3v) is 5.10. The van der Waals surface area contributed by atoms with Crippen molar-refractivity contribution in [3.8, 4) is 0 Å². The fraction of sp³-hybridized carbons (Fsp3) is 0.412. The fourth-order valence-corrected chi connectivity index (χ4v) is 3.13. The van der Waals surface area contributed by atoms with E-state index in [1.54, 1.807) is 24.3 Å². The summed E-state index contributed by atoms with van der Waals surface area (Å²) in [6.45, 7) is 5.55. The zero-order chi connectivity index (χ0) is 17.9. The van der Waals surface area contributed by atoms with Crippen molar-refractivity contribution in [2.45, 2.75) is 44.6 Å². The van der Waals surface area contributed by atoms with Gasteiger partial charge in [0, 0.05) is 18.2 Å². The average Bonchev–Trinajstić information content (AvgIpc) is 2.83. The van der Waals surface area contributed by atoms with Crippen LogP contribution in [0.2, 0.25) is 0 Å². The summed E-state index contributed by atoms with van der Waals surface area (Å²) in [6.07, 6.45) is 2.09. The van der Waals surface area contributed by atoms with E-state index < -0.39 is 9.84 Å². The molecule has 1 aromatic heterocycles. The summed E-state index contributed by atoms with van der Waals surface area (Å²) in [5.41, 5.74) is 2.63. The first-order valence-electron chi connectivity index (χ1n) is 7.69. The quantitative estimate of drug-likeness (QED) is 0.864. The molecule has 6 nitrogen and oxygen atoms in total. The molecule has 0 bridgehead atoms. The van der Waals surface area contributed by atoms with Crippen LogP contribution in [0.3, 0.4) is 0 Å². The van der Waals surface area contributed by atoms with Gasteiger partial charge < -0.3 is 9.84 Å². The Bertz CT molecular complexity index is 803. The van der Waals surface area contributed by atoms with E-state index in [9.17, 15) is 13.2 Å². The summed E-state index contributed by atoms with van der Waals surface area (Å²) in [6, 6.07) is 6.34. The molecule has 1 N–H and O–H groups in total. The van der Waals surface area contributed by atoms with Crippen molar-refractivity contribution < 1.29 is 17.7 Å². The van der Waals surface area contributed by atoms with E-state index in [1.165, 1.54) is 6.26 Å². The number of aryl methyl sites for hydroxylation is 2. The van der Waals surface area contributed by atoms with Crippen molar-refractivity contribution in [2.75, 3.05) is 6.26 Å². The number of benzene rings is 1. The molecule has 2 aromatic rings. The lowest BCUT2D eigenvalue weighted by Crippen LogP contribution is -2.26. The number of aromatic nitrogens is 1. The number of rotatable bonds is 6. The second kappa shape index (κ2) is 7.17. The molecule has 1 aromatic carbocycles. The lowest BCUT2D eigenvalue weighted by molar-refractivity contribution is -0.121. The molecule has 1 atom stereocenters. The SMILES string of the molecule is Cc1noc(C)c1CCC(=O)NC(C)c1ccc(S(C)(=O)=O)cc1. The van der Waals surface area contributed by atoms with Gasteiger partial charge in [0.05, 0.1) is 16.6 Å². The first-order valence-corrected chi connectivity index (χ1v) is 9.58. The molecule has 0 spiro atoms. The molecule has 0 aliphatic carbocycles. The minimum absolute atomic E-state index is 0.0744. The third kappa shape index (κ3) is 4.44. The van der Waals surface area contributed by atoms with Crippen LogP contribution in [0.4, 0.5) is 0 Å². The number of sulfone groups is 1. The fourth-order valence-electron chi connectivity index (χ4n) is 2.50. The summed E-state index contributed by atoms with van der Waals surface area (Å²) in [4.78, 5) is 12.4. The topological polar surface area (TPSA) is 89.3 Å². The molecule has 0 fully saturated rings. The molecule has 0 saturated carbocycles. The van der Waals surface area contributed by atoms with Gasteiger partial charge >= 0.3 is 0 Å². The Kier molecular flexibility index (Phi) is 5.43. The molecular weight excluding hydrogens is 328 g/mol. The highest BCUT2D eigenvalue weighted by molar-refractivity contribution is 7.90. The van der Waals surface area contributed by atoms with E-state index in [4.69, 9.17) is 4.52 Å². The average molecular weight is 350 g/mol. The van der Waals surface area contributed by atoms with Gasteiger partial charge in [-0.3, -0.25) is 4.79 Å². The normalized spacial score (nSPS) is 12.8. The van der Waals surface area contributed by atoms with Gasteiger partial charge in [0.15, 0.2) is 9.84 Å². The van der Waals surface area contributed by atoms with E-state index >= 15 is 0 Å². The van der Waals surface area contributed by atoms with Crippen LogP contribution in [0.25, 0.3) is 0 Å². The Morgan fingerprint density at radius 1 is 1.25 bits per heavy atom. The molecule has 0 aliphatic heterocycles. The van der Waals surface area contributed by atoms with Gasteiger partial charge in [-0.05, 0) is 44.9 Å². The smallest absolute Gasteiger partial charge is 0.220 e. The Morgan fingerprint density at radius 3 is 2.38 bits per heavy atom. The molecule has 1 amide bonds. The minimum Gasteiger partial charge on any atom is -0.361 e. The third-order valence-electron chi connectivity index (χ3n) is 3.97. The van der Waals surface area contributed by atoms with Gasteiger partial charge in [-0.2, -0.15) is 0 Å². The zero-order valence-electron chi connectivity index (χ0n) is 14.3. The van der Waals surface area contributed by atoms with Crippen molar-refractivity contribution in [1.29, 1.82) is 0 Å². The highest BCUT2D eigenvalue weighted by Crippen LogP contribution is 2.17. The Morgan fingerprint density at radius 2 is 1.88 bits per heavy atom. The van der Waals surface area contributed by atoms with Gasteiger partial charge in [0.25, 0.3) is 0 Å². The number of hydrogen-bond acceptors (Lipinski definition) is 5. The number of nitrogens with one attached hydrogen (secondary N) is 1. The van der Waals surface area contributed by atoms with Gasteiger partial charge in [-0.25, -0.2) is 8.42 Å². The second-order valence-electron chi connectivity index (χ2n) is 5.93. The summed E-state index contributed by atoms with van der Waals surface area (Å²) in [5, 5.41) is 6.79. The number of amides is 1. The van der Waals surface area contributed by atoms with Crippen LogP contribution in [0, 0.1) is 13.8 Å². The van der Waals surface area contributed by atoms with Crippen LogP contribution in [0.1, 0.15) is 42.0 Å². The summed E-state index contributed by atoms with van der Waals surface area (Å²) >= 11 is 0. The van der Waals surface area contributed by atoms with Crippen LogP contribution in [-0.2, 0) is 21.1 Å². The maximum Gasteiger partial charge on any atom is 0.220 e. The summed E-state index contributed by atoms with van der Waals surface area (Å²) in [5.74, 6) is 0.666. The van der Waals surface area contributed by atoms with Crippen LogP contribution in [0.5, 0.6) is 0 Å². The lowest BCUT2D eigenvalue weighted by Gasteiger charge is -2.14. The number of carbonyl (C=O) groups excluding carboxylic acids is 1. The zero-order valence-corrected chi connectivity index (χ0v) is 15.1. The van der Waals surface area contributed by atoms with Crippen LogP contribution in [0.15, 0.2) is 33.7 Å². The van der Waals surface area contributed by atoms with Crippen molar-refractivity contribution in [2.24, 2.45) is 0 Å². The van der Waals surface area contributed by atoms with Crippen molar-refractivity contribution in [3.05, 3.63) is 46.8 Å². The van der Waals surface area contributed by atoms with Crippen LogP contribution >= 0.6 is 0 Å². The maximum atomic E-state index is 12.1. The van der Waals surface area contributed by atoms with Crippen LogP contribution in [-0.4, -0.2) is 25.7 Å². The van der Waals surface area contributed by atoms with Gasteiger partial charge in [-0.15, -0.1) is 0 Å². The highest BCUT2D eigenvalue weighted by Gasteiger charge is 2.14. The summed E-state index contributed by atoms with van der Waals surface area (Å²) < 4.78 is 28.0. The second-order valence-corrected chi connectivity index (χ2v) is 7.95. The molecule has 1 heterocycles. The molecule has 7 heteroatoms. The maximum absolute atomic E-state index is 12.1. The van der Waals surface area contributed by atoms with Crippen LogP contribution < -0.4 is 5.32 Å².